The monoisotopic (exact) mass is 303 g/mol. The van der Waals surface area contributed by atoms with Gasteiger partial charge < -0.3 is 4.74 Å². The number of hydrogen-bond acceptors (Lipinski definition) is 2. The fraction of sp³-hybridized carbons (Fsp3) is 0.222. The van der Waals surface area contributed by atoms with Crippen LogP contribution in [0.15, 0.2) is 16.6 Å². The molecule has 2 nitrogen and oxygen atoms in total. The molecule has 0 heterocycles. The molecule has 0 amide bonds. The van der Waals surface area contributed by atoms with E-state index in [9.17, 15) is 0 Å². The lowest BCUT2D eigenvalue weighted by Crippen LogP contribution is -1.92. The van der Waals surface area contributed by atoms with Gasteiger partial charge in [-0.2, -0.15) is 5.26 Å². The number of ether oxygens (including phenoxy) is 1. The van der Waals surface area contributed by atoms with E-state index < -0.39 is 0 Å². The van der Waals surface area contributed by atoms with Gasteiger partial charge in [-0.1, -0.05) is 31.9 Å². The molecule has 0 saturated carbocycles. The molecule has 0 aliphatic carbocycles. The molecule has 0 bridgehead atoms. The molecule has 68 valence electrons. The van der Waals surface area contributed by atoms with Crippen LogP contribution in [0.3, 0.4) is 0 Å². The predicted molar refractivity (Wildman–Crippen MR) is 58.0 cm³/mol. The van der Waals surface area contributed by atoms with Crippen molar-refractivity contribution in [1.29, 1.82) is 5.26 Å². The Kier molecular flexibility index (Phi) is 3.76. The van der Waals surface area contributed by atoms with Crippen molar-refractivity contribution in [3.8, 4) is 11.8 Å². The Morgan fingerprint density at radius 1 is 1.54 bits per heavy atom. The Morgan fingerprint density at radius 3 is 2.69 bits per heavy atom. The van der Waals surface area contributed by atoms with E-state index in [0.717, 1.165) is 15.8 Å². The summed E-state index contributed by atoms with van der Waals surface area (Å²) in [5.74, 6) is 0.725. The first-order valence-electron chi connectivity index (χ1n) is 3.55. The summed E-state index contributed by atoms with van der Waals surface area (Å²) in [5.41, 5.74) is 1.61. The summed E-state index contributed by atoms with van der Waals surface area (Å²) in [5, 5.41) is 9.40. The van der Waals surface area contributed by atoms with Crippen molar-refractivity contribution in [3.05, 3.63) is 27.7 Å². The lowest BCUT2D eigenvalue weighted by Gasteiger charge is -2.08. The molecule has 4 heteroatoms. The van der Waals surface area contributed by atoms with Gasteiger partial charge in [0.05, 0.1) is 18.7 Å². The van der Waals surface area contributed by atoms with E-state index >= 15 is 0 Å². The van der Waals surface area contributed by atoms with Gasteiger partial charge in [0, 0.05) is 15.4 Å². The van der Waals surface area contributed by atoms with E-state index in [1.807, 2.05) is 0 Å². The Morgan fingerprint density at radius 2 is 2.23 bits per heavy atom. The minimum Gasteiger partial charge on any atom is -0.496 e. The van der Waals surface area contributed by atoms with Crippen molar-refractivity contribution in [2.24, 2.45) is 0 Å². The molecule has 0 spiro atoms. The highest BCUT2D eigenvalue weighted by Crippen LogP contribution is 2.30. The van der Waals surface area contributed by atoms with E-state index in [0.29, 0.717) is 10.9 Å². The SMILES string of the molecule is COc1cc(C#N)cc(Br)c1CBr. The highest BCUT2D eigenvalue weighted by Gasteiger charge is 2.08. The molecule has 0 saturated heterocycles. The van der Waals surface area contributed by atoms with E-state index in [2.05, 4.69) is 37.9 Å². The molecular weight excluding hydrogens is 298 g/mol. The summed E-state index contributed by atoms with van der Waals surface area (Å²) < 4.78 is 6.04. The van der Waals surface area contributed by atoms with Crippen LogP contribution < -0.4 is 4.74 Å². The van der Waals surface area contributed by atoms with Crippen molar-refractivity contribution < 1.29 is 4.74 Å². The highest BCUT2D eigenvalue weighted by molar-refractivity contribution is 9.10. The molecule has 0 aliphatic heterocycles. The quantitative estimate of drug-likeness (QED) is 0.786. The van der Waals surface area contributed by atoms with Crippen LogP contribution in [0.25, 0.3) is 0 Å². The van der Waals surface area contributed by atoms with Crippen LogP contribution in [-0.2, 0) is 5.33 Å². The first kappa shape index (κ1) is 10.6. The topological polar surface area (TPSA) is 33.0 Å². The van der Waals surface area contributed by atoms with Gasteiger partial charge in [0.25, 0.3) is 0 Å². The lowest BCUT2D eigenvalue weighted by atomic mass is 10.1. The zero-order chi connectivity index (χ0) is 9.84. The highest BCUT2D eigenvalue weighted by atomic mass is 79.9. The summed E-state index contributed by atoms with van der Waals surface area (Å²) >= 11 is 6.73. The Balaban J connectivity index is 3.31. The number of nitrogens with zero attached hydrogens (tertiary/aromatic N) is 1. The van der Waals surface area contributed by atoms with E-state index in [1.54, 1.807) is 19.2 Å². The number of alkyl halides is 1. The van der Waals surface area contributed by atoms with Crippen molar-refractivity contribution in [1.82, 2.24) is 0 Å². The van der Waals surface area contributed by atoms with Crippen molar-refractivity contribution in [3.63, 3.8) is 0 Å². The first-order valence-corrected chi connectivity index (χ1v) is 5.46. The van der Waals surface area contributed by atoms with Gasteiger partial charge in [-0.15, -0.1) is 0 Å². The van der Waals surface area contributed by atoms with Gasteiger partial charge in [0.1, 0.15) is 5.75 Å². The minimum absolute atomic E-state index is 0.591. The third kappa shape index (κ3) is 2.23. The zero-order valence-corrected chi connectivity index (χ0v) is 10.1. The number of nitriles is 1. The molecule has 0 unspecified atom stereocenters. The van der Waals surface area contributed by atoms with Crippen molar-refractivity contribution in [2.75, 3.05) is 7.11 Å². The molecule has 0 N–H and O–H groups in total. The van der Waals surface area contributed by atoms with Crippen LogP contribution in [0.5, 0.6) is 5.75 Å². The molecule has 1 rings (SSSR count). The third-order valence-corrected chi connectivity index (χ3v) is 2.91. The summed E-state index contributed by atoms with van der Waals surface area (Å²) in [7, 11) is 1.59. The van der Waals surface area contributed by atoms with Crippen LogP contribution in [0, 0.1) is 11.3 Å². The van der Waals surface area contributed by atoms with Crippen molar-refractivity contribution in [2.45, 2.75) is 5.33 Å². The fourth-order valence-electron chi connectivity index (χ4n) is 0.988. The minimum atomic E-state index is 0.591. The van der Waals surface area contributed by atoms with E-state index in [1.165, 1.54) is 0 Å². The molecule has 0 aromatic heterocycles. The van der Waals surface area contributed by atoms with Crippen LogP contribution >= 0.6 is 31.9 Å². The molecule has 13 heavy (non-hydrogen) atoms. The Bertz CT molecular complexity index is 357. The molecule has 1 aromatic carbocycles. The molecule has 0 fully saturated rings. The first-order chi connectivity index (χ1) is 6.22. The van der Waals surface area contributed by atoms with E-state index in [-0.39, 0.29) is 0 Å². The largest absolute Gasteiger partial charge is 0.496 e. The molecule has 0 radical (unpaired) electrons. The standard InChI is InChI=1S/C9H7Br2NO/c1-13-9-3-6(5-12)2-8(11)7(9)4-10/h2-3H,4H2,1H3. The van der Waals surface area contributed by atoms with Gasteiger partial charge in [0.2, 0.25) is 0 Å². The Labute approximate surface area is 93.8 Å². The second-order valence-corrected chi connectivity index (χ2v) is 3.80. The molecule has 1 aromatic rings. The summed E-state index contributed by atoms with van der Waals surface area (Å²) in [4.78, 5) is 0. The number of methoxy groups -OCH3 is 1. The van der Waals surface area contributed by atoms with Gasteiger partial charge in [0.15, 0.2) is 0 Å². The number of rotatable bonds is 2. The third-order valence-electron chi connectivity index (χ3n) is 1.64. The average Bonchev–Trinajstić information content (AvgIpc) is 2.16. The molecule has 0 aliphatic rings. The van der Waals surface area contributed by atoms with Gasteiger partial charge in [-0.05, 0) is 12.1 Å². The zero-order valence-electron chi connectivity index (χ0n) is 6.97. The smallest absolute Gasteiger partial charge is 0.125 e. The second kappa shape index (κ2) is 4.64. The second-order valence-electron chi connectivity index (χ2n) is 2.38. The molecular formula is C9H7Br2NO. The number of benzene rings is 1. The summed E-state index contributed by atoms with van der Waals surface area (Å²) in [6.45, 7) is 0. The number of halogens is 2. The Hall–Kier alpha value is -0.530. The fourth-order valence-corrected chi connectivity index (χ4v) is 2.52. The van der Waals surface area contributed by atoms with Gasteiger partial charge >= 0.3 is 0 Å². The predicted octanol–water partition coefficient (Wildman–Crippen LogP) is 3.22. The van der Waals surface area contributed by atoms with Crippen molar-refractivity contribution >= 4 is 31.9 Å². The maximum atomic E-state index is 8.71. The lowest BCUT2D eigenvalue weighted by molar-refractivity contribution is 0.411. The summed E-state index contributed by atoms with van der Waals surface area (Å²) in [6, 6.07) is 5.57. The maximum Gasteiger partial charge on any atom is 0.125 e. The van der Waals surface area contributed by atoms with E-state index in [4.69, 9.17) is 10.00 Å². The van der Waals surface area contributed by atoms with Gasteiger partial charge in [-0.3, -0.25) is 0 Å². The number of hydrogen-bond donors (Lipinski definition) is 0. The normalized spacial score (nSPS) is 9.38. The maximum absolute atomic E-state index is 8.71. The van der Waals surface area contributed by atoms with Crippen LogP contribution in [0.2, 0.25) is 0 Å². The van der Waals surface area contributed by atoms with Gasteiger partial charge in [-0.25, -0.2) is 0 Å². The summed E-state index contributed by atoms with van der Waals surface area (Å²) in [6.07, 6.45) is 0. The van der Waals surface area contributed by atoms with Crippen LogP contribution in [0.4, 0.5) is 0 Å². The average molecular weight is 305 g/mol. The van der Waals surface area contributed by atoms with Crippen LogP contribution in [-0.4, -0.2) is 7.11 Å². The van der Waals surface area contributed by atoms with Crippen LogP contribution in [0.1, 0.15) is 11.1 Å². The molecule has 0 atom stereocenters.